The molecule has 0 saturated carbocycles. The fourth-order valence-electron chi connectivity index (χ4n) is 2.88. The van der Waals surface area contributed by atoms with Crippen LogP contribution in [0.2, 0.25) is 0 Å². The molecule has 0 atom stereocenters. The topological polar surface area (TPSA) is 33.7 Å². The lowest BCUT2D eigenvalue weighted by atomic mass is 9.93. The summed E-state index contributed by atoms with van der Waals surface area (Å²) in [7, 11) is 1.98. The number of halogens is 3. The van der Waals surface area contributed by atoms with Crippen molar-refractivity contribution in [1.82, 2.24) is 10.2 Å². The lowest BCUT2D eigenvalue weighted by Crippen LogP contribution is -2.37. The summed E-state index contributed by atoms with van der Waals surface area (Å²) >= 11 is 0. The Labute approximate surface area is 140 Å². The maximum absolute atomic E-state index is 12.1. The van der Waals surface area contributed by atoms with Crippen LogP contribution in [0.4, 0.5) is 13.2 Å². The van der Waals surface area contributed by atoms with Crippen LogP contribution in [0.1, 0.15) is 19.3 Å². The van der Waals surface area contributed by atoms with Gasteiger partial charge < -0.3 is 14.8 Å². The van der Waals surface area contributed by atoms with Crippen molar-refractivity contribution in [2.45, 2.75) is 25.6 Å². The van der Waals surface area contributed by atoms with Crippen molar-refractivity contribution >= 4 is 0 Å². The molecule has 0 spiro atoms. The van der Waals surface area contributed by atoms with E-state index in [0.29, 0.717) is 12.4 Å². The molecule has 0 aliphatic carbocycles. The van der Waals surface area contributed by atoms with Crippen LogP contribution in [-0.2, 0) is 0 Å². The van der Waals surface area contributed by atoms with Gasteiger partial charge in [-0.25, -0.2) is 0 Å². The van der Waals surface area contributed by atoms with Crippen molar-refractivity contribution in [2.24, 2.45) is 5.92 Å². The number of benzene rings is 1. The van der Waals surface area contributed by atoms with Crippen molar-refractivity contribution in [2.75, 3.05) is 39.8 Å². The van der Waals surface area contributed by atoms with Gasteiger partial charge in [0.25, 0.3) is 0 Å². The Balaban J connectivity index is 1.64. The summed E-state index contributed by atoms with van der Waals surface area (Å²) in [6.45, 7) is 4.59. The summed E-state index contributed by atoms with van der Waals surface area (Å²) in [6.07, 6.45) is -1.01. The average molecular weight is 346 g/mol. The molecule has 1 fully saturated rings. The molecule has 136 valence electrons. The Kier molecular flexibility index (Phi) is 7.17. The molecular weight excluding hydrogens is 321 g/mol. The van der Waals surface area contributed by atoms with Crippen molar-refractivity contribution in [3.63, 3.8) is 0 Å². The Morgan fingerprint density at radius 1 is 1.12 bits per heavy atom. The predicted octanol–water partition coefficient (Wildman–Crippen LogP) is 3.29. The largest absolute Gasteiger partial charge is 0.573 e. The maximum atomic E-state index is 12.1. The van der Waals surface area contributed by atoms with Gasteiger partial charge in [-0.2, -0.15) is 0 Å². The molecule has 4 nitrogen and oxygen atoms in total. The molecule has 0 aromatic heterocycles. The minimum atomic E-state index is -4.66. The van der Waals surface area contributed by atoms with Crippen molar-refractivity contribution in [3.8, 4) is 11.5 Å². The van der Waals surface area contributed by atoms with Gasteiger partial charge in [-0.3, -0.25) is 4.90 Å². The molecule has 1 aliphatic heterocycles. The molecule has 0 bridgehead atoms. The van der Waals surface area contributed by atoms with Gasteiger partial charge in [0.05, 0.1) is 0 Å². The molecule has 1 aliphatic rings. The molecule has 24 heavy (non-hydrogen) atoms. The summed E-state index contributed by atoms with van der Waals surface area (Å²) in [5.74, 6) is 1.11. The molecule has 1 aromatic rings. The highest BCUT2D eigenvalue weighted by atomic mass is 19.4. The van der Waals surface area contributed by atoms with Crippen LogP contribution in [0.15, 0.2) is 24.3 Å². The summed E-state index contributed by atoms with van der Waals surface area (Å²) in [5, 5.41) is 3.19. The molecule has 1 aromatic carbocycles. The normalized spacial score (nSPS) is 17.0. The molecule has 1 N–H and O–H groups in total. The van der Waals surface area contributed by atoms with Crippen LogP contribution in [0.25, 0.3) is 0 Å². The van der Waals surface area contributed by atoms with E-state index in [0.717, 1.165) is 32.1 Å². The highest BCUT2D eigenvalue weighted by Crippen LogP contribution is 2.25. The summed E-state index contributed by atoms with van der Waals surface area (Å²) in [4.78, 5) is 2.37. The minimum absolute atomic E-state index is 0.238. The van der Waals surface area contributed by atoms with Crippen LogP contribution in [-0.4, -0.2) is 51.1 Å². The summed E-state index contributed by atoms with van der Waals surface area (Å²) < 4.78 is 45.7. The third-order valence-electron chi connectivity index (χ3n) is 4.24. The van der Waals surface area contributed by atoms with Crippen molar-refractivity contribution < 1.29 is 22.6 Å². The highest BCUT2D eigenvalue weighted by molar-refractivity contribution is 5.31. The number of hydrogen-bond donors (Lipinski definition) is 1. The van der Waals surface area contributed by atoms with E-state index >= 15 is 0 Å². The van der Waals surface area contributed by atoms with E-state index in [2.05, 4.69) is 15.0 Å². The molecule has 2 rings (SSSR count). The van der Waals surface area contributed by atoms with Gasteiger partial charge >= 0.3 is 6.36 Å². The number of likely N-dealkylation sites (tertiary alicyclic amines) is 1. The van der Waals surface area contributed by atoms with E-state index in [-0.39, 0.29) is 5.75 Å². The van der Waals surface area contributed by atoms with Gasteiger partial charge in [-0.1, -0.05) is 0 Å². The predicted molar refractivity (Wildman–Crippen MR) is 86.3 cm³/mol. The number of rotatable bonds is 8. The first-order valence-electron chi connectivity index (χ1n) is 8.32. The van der Waals surface area contributed by atoms with Gasteiger partial charge in [0.1, 0.15) is 18.1 Å². The molecule has 0 radical (unpaired) electrons. The summed E-state index contributed by atoms with van der Waals surface area (Å²) in [5.41, 5.74) is 0. The zero-order valence-electron chi connectivity index (χ0n) is 13.9. The Morgan fingerprint density at radius 2 is 1.75 bits per heavy atom. The van der Waals surface area contributed by atoms with Crippen LogP contribution in [0, 0.1) is 5.92 Å². The molecule has 1 saturated heterocycles. The first-order valence-corrected chi connectivity index (χ1v) is 8.32. The molecule has 0 amide bonds. The van der Waals surface area contributed by atoms with Gasteiger partial charge in [0.2, 0.25) is 0 Å². The first kappa shape index (κ1) is 18.9. The molecular formula is C17H25F3N2O2. The van der Waals surface area contributed by atoms with E-state index in [9.17, 15) is 13.2 Å². The highest BCUT2D eigenvalue weighted by Gasteiger charge is 2.31. The number of hydrogen-bond acceptors (Lipinski definition) is 4. The number of alkyl halides is 3. The Morgan fingerprint density at radius 3 is 2.33 bits per heavy atom. The van der Waals surface area contributed by atoms with E-state index in [1.165, 1.54) is 43.5 Å². The fourth-order valence-corrected chi connectivity index (χ4v) is 2.88. The van der Waals surface area contributed by atoms with Crippen LogP contribution in [0.3, 0.4) is 0 Å². The second-order valence-electron chi connectivity index (χ2n) is 6.04. The van der Waals surface area contributed by atoms with E-state index in [1.807, 2.05) is 7.05 Å². The number of nitrogens with one attached hydrogen (secondary N) is 1. The maximum Gasteiger partial charge on any atom is 0.573 e. The first-order chi connectivity index (χ1) is 11.5. The molecule has 7 heteroatoms. The van der Waals surface area contributed by atoms with Crippen LogP contribution in [0.5, 0.6) is 11.5 Å². The number of piperidine rings is 1. The van der Waals surface area contributed by atoms with E-state index in [1.54, 1.807) is 0 Å². The second kappa shape index (κ2) is 9.13. The Bertz CT molecular complexity index is 472. The SMILES string of the molecule is CNCCC1CCN(CCOc2ccc(OC(F)(F)F)cc2)CC1. The average Bonchev–Trinajstić information content (AvgIpc) is 2.54. The number of ether oxygens (including phenoxy) is 2. The van der Waals surface area contributed by atoms with Crippen LogP contribution < -0.4 is 14.8 Å². The quantitative estimate of drug-likeness (QED) is 0.783. The lowest BCUT2D eigenvalue weighted by Gasteiger charge is -2.31. The molecule has 0 unspecified atom stereocenters. The van der Waals surface area contributed by atoms with E-state index in [4.69, 9.17) is 4.74 Å². The van der Waals surface area contributed by atoms with Gasteiger partial charge in [0, 0.05) is 6.54 Å². The number of nitrogens with zero attached hydrogens (tertiary/aromatic N) is 1. The zero-order chi connectivity index (χ0) is 17.4. The zero-order valence-corrected chi connectivity index (χ0v) is 13.9. The Hall–Kier alpha value is -1.47. The van der Waals surface area contributed by atoms with Gasteiger partial charge in [-0.05, 0) is 76.1 Å². The van der Waals surface area contributed by atoms with Gasteiger partial charge in [-0.15, -0.1) is 13.2 Å². The second-order valence-corrected chi connectivity index (χ2v) is 6.04. The minimum Gasteiger partial charge on any atom is -0.492 e. The standard InChI is InChI=1S/C17H25F3N2O2/c1-21-9-6-14-7-10-22(11-8-14)12-13-23-15-2-4-16(5-3-15)24-17(18,19)20/h2-5,14,21H,6-13H2,1H3. The van der Waals surface area contributed by atoms with Crippen molar-refractivity contribution in [3.05, 3.63) is 24.3 Å². The summed E-state index contributed by atoms with van der Waals surface area (Å²) in [6, 6.07) is 5.50. The third kappa shape index (κ3) is 6.97. The van der Waals surface area contributed by atoms with E-state index < -0.39 is 6.36 Å². The lowest BCUT2D eigenvalue weighted by molar-refractivity contribution is -0.274. The van der Waals surface area contributed by atoms with Crippen LogP contribution >= 0.6 is 0 Å². The monoisotopic (exact) mass is 346 g/mol. The fraction of sp³-hybridized carbons (Fsp3) is 0.647. The third-order valence-corrected chi connectivity index (χ3v) is 4.24. The molecule has 1 heterocycles. The van der Waals surface area contributed by atoms with Crippen molar-refractivity contribution in [1.29, 1.82) is 0 Å². The van der Waals surface area contributed by atoms with Gasteiger partial charge in [0.15, 0.2) is 0 Å². The smallest absolute Gasteiger partial charge is 0.492 e.